The van der Waals surface area contributed by atoms with Crippen LogP contribution in [0.5, 0.6) is 5.75 Å². The van der Waals surface area contributed by atoms with E-state index in [9.17, 15) is 0 Å². The molecule has 1 aromatic carbocycles. The lowest BCUT2D eigenvalue weighted by molar-refractivity contribution is 0.292. The summed E-state index contributed by atoms with van der Waals surface area (Å²) in [5, 5.41) is 5.21. The van der Waals surface area contributed by atoms with Gasteiger partial charge in [0.05, 0.1) is 16.4 Å². The van der Waals surface area contributed by atoms with E-state index in [0.717, 1.165) is 35.1 Å². The summed E-state index contributed by atoms with van der Waals surface area (Å²) in [6.45, 7) is 7.41. The van der Waals surface area contributed by atoms with Crippen LogP contribution in [0.25, 0.3) is 0 Å². The first kappa shape index (κ1) is 13.9. The molecule has 4 heteroatoms. The van der Waals surface area contributed by atoms with Gasteiger partial charge in [0, 0.05) is 6.54 Å². The second-order valence-corrected chi connectivity index (χ2v) is 4.86. The molecule has 0 radical (unpaired) electrons. The van der Waals surface area contributed by atoms with Gasteiger partial charge in [-0.3, -0.25) is 4.68 Å². The predicted molar refractivity (Wildman–Crippen MR) is 77.8 cm³/mol. The summed E-state index contributed by atoms with van der Waals surface area (Å²) in [6.07, 6.45) is 0.837. The molecule has 0 unspecified atom stereocenters. The van der Waals surface area contributed by atoms with E-state index in [1.165, 1.54) is 5.56 Å². The summed E-state index contributed by atoms with van der Waals surface area (Å²) < 4.78 is 7.69. The molecule has 1 aromatic heterocycles. The fourth-order valence-electron chi connectivity index (χ4n) is 1.94. The Labute approximate surface area is 119 Å². The van der Waals surface area contributed by atoms with Crippen LogP contribution in [0.4, 0.5) is 0 Å². The van der Waals surface area contributed by atoms with Crippen molar-refractivity contribution >= 4 is 11.6 Å². The first-order valence-electron chi connectivity index (χ1n) is 6.59. The van der Waals surface area contributed by atoms with E-state index in [1.807, 2.05) is 28.9 Å². The molecule has 0 saturated carbocycles. The Hall–Kier alpha value is -1.48. The number of rotatable bonds is 5. The number of hydrogen-bond acceptors (Lipinski definition) is 2. The van der Waals surface area contributed by atoms with Crippen molar-refractivity contribution in [1.29, 1.82) is 0 Å². The second kappa shape index (κ2) is 6.11. The lowest BCUT2D eigenvalue weighted by Crippen LogP contribution is -2.06. The standard InChI is InChI=1S/C15H19ClN2O/c1-4-13-15(16)14(18(5-2)17-13)10-19-12-8-6-11(3)7-9-12/h6-9H,4-5,10H2,1-3H3. The SMILES string of the molecule is CCc1nn(CC)c(COc2ccc(C)cc2)c1Cl. The van der Waals surface area contributed by atoms with Gasteiger partial charge in [-0.05, 0) is 32.4 Å². The molecule has 0 spiro atoms. The van der Waals surface area contributed by atoms with Gasteiger partial charge in [0.15, 0.2) is 0 Å². The van der Waals surface area contributed by atoms with Crippen LogP contribution in [0.3, 0.4) is 0 Å². The number of aryl methyl sites for hydroxylation is 3. The molecule has 1 heterocycles. The minimum atomic E-state index is 0.447. The van der Waals surface area contributed by atoms with Gasteiger partial charge in [-0.2, -0.15) is 5.10 Å². The molecule has 0 atom stereocenters. The summed E-state index contributed by atoms with van der Waals surface area (Å²) in [5.41, 5.74) is 3.10. The van der Waals surface area contributed by atoms with Crippen molar-refractivity contribution in [1.82, 2.24) is 9.78 Å². The molecule has 2 aromatic rings. The van der Waals surface area contributed by atoms with E-state index in [1.54, 1.807) is 0 Å². The number of aromatic nitrogens is 2. The average molecular weight is 279 g/mol. The Bertz CT molecular complexity index is 546. The van der Waals surface area contributed by atoms with Gasteiger partial charge < -0.3 is 4.74 Å². The number of ether oxygens (including phenoxy) is 1. The van der Waals surface area contributed by atoms with Crippen molar-refractivity contribution in [3.05, 3.63) is 46.2 Å². The molecular weight excluding hydrogens is 260 g/mol. The molecule has 0 amide bonds. The highest BCUT2D eigenvalue weighted by Gasteiger charge is 2.14. The van der Waals surface area contributed by atoms with E-state index in [2.05, 4.69) is 25.9 Å². The Kier molecular flexibility index (Phi) is 4.48. The van der Waals surface area contributed by atoms with Crippen molar-refractivity contribution in [2.24, 2.45) is 0 Å². The van der Waals surface area contributed by atoms with Gasteiger partial charge >= 0.3 is 0 Å². The van der Waals surface area contributed by atoms with E-state index < -0.39 is 0 Å². The first-order chi connectivity index (χ1) is 9.15. The van der Waals surface area contributed by atoms with Gasteiger partial charge in [0.2, 0.25) is 0 Å². The molecule has 0 aliphatic rings. The lowest BCUT2D eigenvalue weighted by atomic mass is 10.2. The summed E-state index contributed by atoms with van der Waals surface area (Å²) in [5.74, 6) is 0.851. The molecule has 0 fully saturated rings. The van der Waals surface area contributed by atoms with Gasteiger partial charge in [0.1, 0.15) is 12.4 Å². The number of halogens is 1. The summed E-state index contributed by atoms with van der Waals surface area (Å²) in [6, 6.07) is 8.00. The highest BCUT2D eigenvalue weighted by atomic mass is 35.5. The third-order valence-electron chi connectivity index (χ3n) is 3.09. The monoisotopic (exact) mass is 278 g/mol. The number of nitrogens with zero attached hydrogens (tertiary/aromatic N) is 2. The Morgan fingerprint density at radius 1 is 1.21 bits per heavy atom. The smallest absolute Gasteiger partial charge is 0.131 e. The fourth-order valence-corrected chi connectivity index (χ4v) is 2.26. The summed E-state index contributed by atoms with van der Waals surface area (Å²) in [4.78, 5) is 0. The fraction of sp³-hybridized carbons (Fsp3) is 0.400. The van der Waals surface area contributed by atoms with Crippen LogP contribution in [0.2, 0.25) is 5.02 Å². The van der Waals surface area contributed by atoms with E-state index in [4.69, 9.17) is 16.3 Å². The van der Waals surface area contributed by atoms with Gasteiger partial charge in [-0.25, -0.2) is 0 Å². The largest absolute Gasteiger partial charge is 0.487 e. The molecule has 0 N–H and O–H groups in total. The van der Waals surface area contributed by atoms with E-state index >= 15 is 0 Å². The zero-order valence-corrected chi connectivity index (χ0v) is 12.4. The van der Waals surface area contributed by atoms with Crippen LogP contribution < -0.4 is 4.74 Å². The average Bonchev–Trinajstić information content (AvgIpc) is 2.74. The third-order valence-corrected chi connectivity index (χ3v) is 3.53. The van der Waals surface area contributed by atoms with Crippen LogP contribution in [-0.2, 0) is 19.6 Å². The van der Waals surface area contributed by atoms with E-state index in [0.29, 0.717) is 6.61 Å². The number of hydrogen-bond donors (Lipinski definition) is 0. The lowest BCUT2D eigenvalue weighted by Gasteiger charge is -2.08. The van der Waals surface area contributed by atoms with E-state index in [-0.39, 0.29) is 0 Å². The van der Waals surface area contributed by atoms with Crippen LogP contribution in [0.1, 0.15) is 30.8 Å². The molecule has 102 valence electrons. The quantitative estimate of drug-likeness (QED) is 0.826. The molecule has 2 rings (SSSR count). The maximum atomic E-state index is 6.34. The molecular formula is C15H19ClN2O. The van der Waals surface area contributed by atoms with Crippen molar-refractivity contribution in [2.45, 2.75) is 40.3 Å². The van der Waals surface area contributed by atoms with Crippen LogP contribution in [-0.4, -0.2) is 9.78 Å². The van der Waals surface area contributed by atoms with Crippen LogP contribution >= 0.6 is 11.6 Å². The molecule has 3 nitrogen and oxygen atoms in total. The maximum absolute atomic E-state index is 6.34. The van der Waals surface area contributed by atoms with Crippen LogP contribution in [0.15, 0.2) is 24.3 Å². The van der Waals surface area contributed by atoms with Crippen molar-refractivity contribution in [3.63, 3.8) is 0 Å². The minimum Gasteiger partial charge on any atom is -0.487 e. The molecule has 0 aliphatic carbocycles. The Balaban J connectivity index is 2.14. The zero-order chi connectivity index (χ0) is 13.8. The zero-order valence-electron chi connectivity index (χ0n) is 11.6. The summed E-state index contributed by atoms with van der Waals surface area (Å²) in [7, 11) is 0. The molecule has 0 bridgehead atoms. The van der Waals surface area contributed by atoms with Crippen molar-refractivity contribution in [3.8, 4) is 5.75 Å². The molecule has 0 saturated heterocycles. The maximum Gasteiger partial charge on any atom is 0.131 e. The topological polar surface area (TPSA) is 27.1 Å². The van der Waals surface area contributed by atoms with Crippen LogP contribution in [0, 0.1) is 6.92 Å². The Morgan fingerprint density at radius 3 is 2.47 bits per heavy atom. The van der Waals surface area contributed by atoms with Crippen molar-refractivity contribution in [2.75, 3.05) is 0 Å². The second-order valence-electron chi connectivity index (χ2n) is 4.48. The highest BCUT2D eigenvalue weighted by Crippen LogP contribution is 2.23. The number of benzene rings is 1. The summed E-state index contributed by atoms with van der Waals surface area (Å²) >= 11 is 6.34. The third kappa shape index (κ3) is 3.10. The molecule has 0 aliphatic heterocycles. The van der Waals surface area contributed by atoms with Crippen molar-refractivity contribution < 1.29 is 4.74 Å². The minimum absolute atomic E-state index is 0.447. The van der Waals surface area contributed by atoms with Gasteiger partial charge in [-0.1, -0.05) is 36.2 Å². The molecule has 19 heavy (non-hydrogen) atoms. The Morgan fingerprint density at radius 2 is 1.89 bits per heavy atom. The van der Waals surface area contributed by atoms with Gasteiger partial charge in [0.25, 0.3) is 0 Å². The predicted octanol–water partition coefficient (Wildman–Crippen LogP) is 4.01. The normalized spacial score (nSPS) is 10.7. The first-order valence-corrected chi connectivity index (χ1v) is 6.97. The highest BCUT2D eigenvalue weighted by molar-refractivity contribution is 6.31. The van der Waals surface area contributed by atoms with Gasteiger partial charge in [-0.15, -0.1) is 0 Å².